The Labute approximate surface area is 132 Å². The highest BCUT2D eigenvalue weighted by Gasteiger charge is 2.08. The van der Waals surface area contributed by atoms with E-state index in [0.29, 0.717) is 6.54 Å². The Balaban J connectivity index is 2.42. The van der Waals surface area contributed by atoms with E-state index in [1.54, 1.807) is 0 Å². The largest absolute Gasteiger partial charge is 0.493 e. The van der Waals surface area contributed by atoms with Crippen molar-refractivity contribution in [2.75, 3.05) is 13.2 Å². The molecule has 1 rings (SSSR count). The quantitative estimate of drug-likeness (QED) is 0.608. The fourth-order valence-corrected chi connectivity index (χ4v) is 3.02. The van der Waals surface area contributed by atoms with Crippen LogP contribution in [-0.4, -0.2) is 13.2 Å². The Bertz CT molecular complexity index is 393. The molecule has 0 atom stereocenters. The Morgan fingerprint density at radius 1 is 1.10 bits per heavy atom. The lowest BCUT2D eigenvalue weighted by atomic mass is 10.1. The van der Waals surface area contributed by atoms with E-state index < -0.39 is 0 Å². The number of ether oxygens (including phenoxy) is 1. The minimum atomic E-state index is 0.656. The molecule has 1 aromatic rings. The van der Waals surface area contributed by atoms with Crippen LogP contribution in [0.2, 0.25) is 0 Å². The summed E-state index contributed by atoms with van der Waals surface area (Å²) in [4.78, 5) is 0. The molecule has 0 aromatic heterocycles. The Morgan fingerprint density at radius 3 is 2.50 bits per heavy atom. The van der Waals surface area contributed by atoms with Crippen molar-refractivity contribution in [3.63, 3.8) is 0 Å². The third-order valence-corrected chi connectivity index (χ3v) is 3.93. The maximum absolute atomic E-state index is 6.01. The van der Waals surface area contributed by atoms with Crippen molar-refractivity contribution < 1.29 is 4.74 Å². The van der Waals surface area contributed by atoms with Gasteiger partial charge in [-0.2, -0.15) is 0 Å². The first-order valence-electron chi connectivity index (χ1n) is 7.81. The normalized spacial score (nSPS) is 10.8. The van der Waals surface area contributed by atoms with Gasteiger partial charge in [0.1, 0.15) is 5.75 Å². The molecule has 0 bridgehead atoms. The highest BCUT2D eigenvalue weighted by atomic mass is 79.9. The number of hydrogen-bond donors (Lipinski definition) is 1. The molecule has 0 aliphatic carbocycles. The van der Waals surface area contributed by atoms with E-state index in [0.717, 1.165) is 29.7 Å². The van der Waals surface area contributed by atoms with Crippen LogP contribution in [-0.2, 0) is 6.42 Å². The van der Waals surface area contributed by atoms with Gasteiger partial charge in [0.2, 0.25) is 0 Å². The van der Waals surface area contributed by atoms with Crippen molar-refractivity contribution in [1.29, 1.82) is 0 Å². The molecule has 0 amide bonds. The summed E-state index contributed by atoms with van der Waals surface area (Å²) in [6, 6.07) is 4.23. The molecule has 114 valence electrons. The van der Waals surface area contributed by atoms with E-state index in [2.05, 4.69) is 41.9 Å². The summed E-state index contributed by atoms with van der Waals surface area (Å²) < 4.78 is 7.11. The monoisotopic (exact) mass is 341 g/mol. The molecule has 0 heterocycles. The van der Waals surface area contributed by atoms with Crippen LogP contribution < -0.4 is 10.5 Å². The van der Waals surface area contributed by atoms with Gasteiger partial charge in [-0.05, 0) is 49.6 Å². The van der Waals surface area contributed by atoms with Crippen molar-refractivity contribution in [2.24, 2.45) is 5.73 Å². The number of unbranched alkanes of at least 4 members (excludes halogenated alkanes) is 5. The van der Waals surface area contributed by atoms with Gasteiger partial charge < -0.3 is 10.5 Å². The molecule has 1 aromatic carbocycles. The second-order valence-electron chi connectivity index (χ2n) is 5.37. The first kappa shape index (κ1) is 17.5. The maximum Gasteiger partial charge on any atom is 0.125 e. The molecule has 0 aliphatic rings. The number of benzene rings is 1. The molecule has 0 saturated heterocycles. The summed E-state index contributed by atoms with van der Waals surface area (Å²) in [5, 5.41) is 0. The third-order valence-electron chi connectivity index (χ3n) is 3.47. The van der Waals surface area contributed by atoms with Gasteiger partial charge in [-0.1, -0.05) is 55.0 Å². The predicted octanol–water partition coefficient (Wildman–Crippen LogP) is 5.00. The lowest BCUT2D eigenvalue weighted by molar-refractivity contribution is 0.299. The van der Waals surface area contributed by atoms with E-state index in [4.69, 9.17) is 10.5 Å². The Morgan fingerprint density at radius 2 is 1.80 bits per heavy atom. The first-order chi connectivity index (χ1) is 9.69. The second kappa shape index (κ2) is 10.2. The zero-order valence-corrected chi connectivity index (χ0v) is 14.5. The van der Waals surface area contributed by atoms with Crippen LogP contribution in [0.4, 0.5) is 0 Å². The van der Waals surface area contributed by atoms with Crippen LogP contribution in [0.25, 0.3) is 0 Å². The van der Waals surface area contributed by atoms with Crippen LogP contribution in [0.1, 0.15) is 56.6 Å². The number of nitrogens with two attached hydrogens (primary N) is 1. The minimum Gasteiger partial charge on any atom is -0.493 e. The molecular weight excluding hydrogens is 314 g/mol. The standard InChI is InChI=1S/C17H28BrNO/c1-3-4-5-6-7-8-11-20-17-14(2)12-16(18)13-15(17)9-10-19/h12-13H,3-11,19H2,1-2H3. The van der Waals surface area contributed by atoms with E-state index in [1.807, 2.05) is 0 Å². The smallest absolute Gasteiger partial charge is 0.125 e. The van der Waals surface area contributed by atoms with Crippen molar-refractivity contribution in [3.05, 3.63) is 27.7 Å². The third kappa shape index (κ3) is 6.27. The second-order valence-corrected chi connectivity index (χ2v) is 6.28. The van der Waals surface area contributed by atoms with Crippen LogP contribution >= 0.6 is 15.9 Å². The van der Waals surface area contributed by atoms with Crippen LogP contribution in [0.5, 0.6) is 5.75 Å². The van der Waals surface area contributed by atoms with Gasteiger partial charge in [0, 0.05) is 4.47 Å². The summed E-state index contributed by atoms with van der Waals surface area (Å²) in [5.41, 5.74) is 8.08. The molecule has 0 radical (unpaired) electrons. The molecule has 2 N–H and O–H groups in total. The summed E-state index contributed by atoms with van der Waals surface area (Å²) in [7, 11) is 0. The fraction of sp³-hybridized carbons (Fsp3) is 0.647. The van der Waals surface area contributed by atoms with Gasteiger partial charge in [0.05, 0.1) is 6.61 Å². The lowest BCUT2D eigenvalue weighted by Gasteiger charge is -2.14. The average molecular weight is 342 g/mol. The van der Waals surface area contributed by atoms with E-state index in [-0.39, 0.29) is 0 Å². The molecular formula is C17H28BrNO. The molecule has 0 spiro atoms. The predicted molar refractivity (Wildman–Crippen MR) is 90.5 cm³/mol. The number of hydrogen-bond acceptors (Lipinski definition) is 2. The van der Waals surface area contributed by atoms with Crippen LogP contribution in [0, 0.1) is 6.92 Å². The van der Waals surface area contributed by atoms with Crippen molar-refractivity contribution in [3.8, 4) is 5.75 Å². The molecule has 3 heteroatoms. The summed E-state index contributed by atoms with van der Waals surface area (Å²) in [6.07, 6.45) is 8.61. The Hall–Kier alpha value is -0.540. The van der Waals surface area contributed by atoms with E-state index >= 15 is 0 Å². The van der Waals surface area contributed by atoms with Gasteiger partial charge in [0.15, 0.2) is 0 Å². The summed E-state index contributed by atoms with van der Waals surface area (Å²) >= 11 is 3.54. The summed E-state index contributed by atoms with van der Waals surface area (Å²) in [5.74, 6) is 1.03. The zero-order valence-electron chi connectivity index (χ0n) is 12.9. The summed E-state index contributed by atoms with van der Waals surface area (Å²) in [6.45, 7) is 5.81. The van der Waals surface area contributed by atoms with E-state index in [9.17, 15) is 0 Å². The average Bonchev–Trinajstić information content (AvgIpc) is 2.40. The highest BCUT2D eigenvalue weighted by molar-refractivity contribution is 9.10. The van der Waals surface area contributed by atoms with Gasteiger partial charge in [-0.3, -0.25) is 0 Å². The maximum atomic E-state index is 6.01. The van der Waals surface area contributed by atoms with Gasteiger partial charge in [-0.25, -0.2) is 0 Å². The molecule has 0 fully saturated rings. The van der Waals surface area contributed by atoms with Crippen molar-refractivity contribution in [2.45, 2.75) is 58.8 Å². The van der Waals surface area contributed by atoms with Crippen LogP contribution in [0.15, 0.2) is 16.6 Å². The topological polar surface area (TPSA) is 35.2 Å². The van der Waals surface area contributed by atoms with Gasteiger partial charge in [-0.15, -0.1) is 0 Å². The molecule has 0 aliphatic heterocycles. The highest BCUT2D eigenvalue weighted by Crippen LogP contribution is 2.28. The molecule has 0 saturated carbocycles. The van der Waals surface area contributed by atoms with Crippen molar-refractivity contribution >= 4 is 15.9 Å². The minimum absolute atomic E-state index is 0.656. The zero-order chi connectivity index (χ0) is 14.8. The number of halogens is 1. The van der Waals surface area contributed by atoms with Gasteiger partial charge >= 0.3 is 0 Å². The number of aryl methyl sites for hydroxylation is 1. The molecule has 0 unspecified atom stereocenters. The fourth-order valence-electron chi connectivity index (χ4n) is 2.40. The SMILES string of the molecule is CCCCCCCCOc1c(C)cc(Br)cc1CCN. The first-order valence-corrected chi connectivity index (χ1v) is 8.60. The molecule has 20 heavy (non-hydrogen) atoms. The lowest BCUT2D eigenvalue weighted by Crippen LogP contribution is -2.07. The molecule has 2 nitrogen and oxygen atoms in total. The van der Waals surface area contributed by atoms with Crippen LogP contribution in [0.3, 0.4) is 0 Å². The van der Waals surface area contributed by atoms with E-state index in [1.165, 1.54) is 43.2 Å². The van der Waals surface area contributed by atoms with Crippen molar-refractivity contribution in [1.82, 2.24) is 0 Å². The Kier molecular flexibility index (Phi) is 8.95. The van der Waals surface area contributed by atoms with Gasteiger partial charge in [0.25, 0.3) is 0 Å². The number of rotatable bonds is 10.